The molecular formula is C63H112O5. The monoisotopic (exact) mass is 949 g/mol. The minimum Gasteiger partial charge on any atom is -0.462 e. The molecule has 1 unspecified atom stereocenters. The second kappa shape index (κ2) is 58.7. The molecule has 0 spiro atoms. The maximum atomic E-state index is 12.9. The second-order valence-electron chi connectivity index (χ2n) is 19.5. The van der Waals surface area contributed by atoms with E-state index in [1.54, 1.807) is 0 Å². The molecular weight excluding hydrogens is 837 g/mol. The van der Waals surface area contributed by atoms with Gasteiger partial charge in [0.05, 0.1) is 6.61 Å². The molecule has 0 aromatic carbocycles. The molecule has 5 nitrogen and oxygen atoms in total. The molecule has 0 aliphatic carbocycles. The molecule has 0 heterocycles. The number of unbranched alkanes of at least 4 members (excludes halogenated alkanes) is 31. The van der Waals surface area contributed by atoms with E-state index in [-0.39, 0.29) is 25.2 Å². The van der Waals surface area contributed by atoms with E-state index in [0.29, 0.717) is 19.4 Å². The Morgan fingerprint density at radius 1 is 0.324 bits per heavy atom. The van der Waals surface area contributed by atoms with Gasteiger partial charge in [-0.1, -0.05) is 235 Å². The van der Waals surface area contributed by atoms with E-state index in [0.717, 1.165) is 77.0 Å². The van der Waals surface area contributed by atoms with Crippen molar-refractivity contribution in [3.05, 3.63) is 72.9 Å². The Morgan fingerprint density at radius 3 is 1.03 bits per heavy atom. The van der Waals surface area contributed by atoms with Gasteiger partial charge in [0, 0.05) is 19.4 Å². The van der Waals surface area contributed by atoms with Gasteiger partial charge in [-0.15, -0.1) is 0 Å². The van der Waals surface area contributed by atoms with Gasteiger partial charge >= 0.3 is 11.9 Å². The Bertz CT molecular complexity index is 1210. The number of hydrogen-bond donors (Lipinski definition) is 0. The first kappa shape index (κ1) is 65.3. The molecule has 5 heteroatoms. The van der Waals surface area contributed by atoms with Crippen molar-refractivity contribution >= 4 is 11.9 Å². The maximum Gasteiger partial charge on any atom is 0.306 e. The average Bonchev–Trinajstić information content (AvgIpc) is 3.34. The highest BCUT2D eigenvalue weighted by Gasteiger charge is 2.17. The largest absolute Gasteiger partial charge is 0.462 e. The van der Waals surface area contributed by atoms with Crippen LogP contribution in [0.4, 0.5) is 0 Å². The van der Waals surface area contributed by atoms with Crippen molar-refractivity contribution in [1.29, 1.82) is 0 Å². The summed E-state index contributed by atoms with van der Waals surface area (Å²) < 4.78 is 17.5. The Labute approximate surface area is 423 Å². The minimum absolute atomic E-state index is 0.0735. The summed E-state index contributed by atoms with van der Waals surface area (Å²) in [5.41, 5.74) is 0. The van der Waals surface area contributed by atoms with Crippen molar-refractivity contribution in [1.82, 2.24) is 0 Å². The maximum absolute atomic E-state index is 12.9. The number of carbonyl (C=O) groups is 2. The molecule has 0 aliphatic rings. The number of esters is 2. The van der Waals surface area contributed by atoms with Gasteiger partial charge in [-0.3, -0.25) is 9.59 Å². The molecule has 0 fully saturated rings. The number of hydrogen-bond acceptors (Lipinski definition) is 5. The molecule has 0 N–H and O–H groups in total. The van der Waals surface area contributed by atoms with Crippen LogP contribution in [0.5, 0.6) is 0 Å². The van der Waals surface area contributed by atoms with Gasteiger partial charge in [0.25, 0.3) is 0 Å². The number of ether oxygens (including phenoxy) is 3. The summed E-state index contributed by atoms with van der Waals surface area (Å²) in [5.74, 6) is -0.411. The Balaban J connectivity index is 4.29. The lowest BCUT2D eigenvalue weighted by Gasteiger charge is -2.18. The van der Waals surface area contributed by atoms with Crippen LogP contribution in [0, 0.1) is 0 Å². The van der Waals surface area contributed by atoms with E-state index in [1.165, 1.54) is 180 Å². The first-order chi connectivity index (χ1) is 33.6. The smallest absolute Gasteiger partial charge is 0.306 e. The fraction of sp³-hybridized carbons (Fsp3) is 0.778. The van der Waals surface area contributed by atoms with Crippen LogP contribution in [0.1, 0.15) is 290 Å². The average molecular weight is 950 g/mol. The van der Waals surface area contributed by atoms with Crippen LogP contribution in [-0.4, -0.2) is 37.9 Å². The van der Waals surface area contributed by atoms with Gasteiger partial charge in [0.2, 0.25) is 0 Å². The summed E-state index contributed by atoms with van der Waals surface area (Å²) in [6.45, 7) is 7.76. The van der Waals surface area contributed by atoms with E-state index in [1.807, 2.05) is 0 Å². The van der Waals surface area contributed by atoms with E-state index in [4.69, 9.17) is 14.2 Å². The number of allylic oxidation sites excluding steroid dienone is 12. The molecule has 0 radical (unpaired) electrons. The molecule has 394 valence electrons. The second-order valence-corrected chi connectivity index (χ2v) is 19.5. The van der Waals surface area contributed by atoms with Gasteiger partial charge in [0.1, 0.15) is 6.61 Å². The van der Waals surface area contributed by atoms with Crippen molar-refractivity contribution in [2.75, 3.05) is 19.8 Å². The quantitative estimate of drug-likeness (QED) is 0.0345. The van der Waals surface area contributed by atoms with E-state index in [9.17, 15) is 9.59 Å². The molecule has 0 amide bonds. The fourth-order valence-electron chi connectivity index (χ4n) is 8.25. The standard InChI is InChI=1S/C63H112O5/c1-4-7-10-13-16-19-22-25-28-30-32-34-36-38-41-44-47-50-53-56-62(64)67-60-61(59-66-58-55-52-49-46-43-40-27-24-21-18-15-12-9-6-3)68-63(65)57-54-51-48-45-42-39-37-35-33-31-29-26-23-20-17-14-11-8-5-2/h16-17,19-21,24-26,28-29,32,34,61H,4-15,18,22-23,27,30-31,33,35-60H2,1-3H3/b19-16-,20-17-,24-21-,28-25-,29-26-,34-32-. The predicted molar refractivity (Wildman–Crippen MR) is 297 cm³/mol. The number of rotatable bonds is 54. The first-order valence-corrected chi connectivity index (χ1v) is 29.5. The summed E-state index contributed by atoms with van der Waals surface area (Å²) in [7, 11) is 0. The van der Waals surface area contributed by atoms with E-state index < -0.39 is 6.10 Å². The van der Waals surface area contributed by atoms with Crippen molar-refractivity contribution < 1.29 is 23.8 Å². The van der Waals surface area contributed by atoms with Gasteiger partial charge in [0.15, 0.2) is 6.10 Å². The van der Waals surface area contributed by atoms with Crippen molar-refractivity contribution in [3.8, 4) is 0 Å². The van der Waals surface area contributed by atoms with Gasteiger partial charge in [-0.05, 0) is 116 Å². The molecule has 0 saturated carbocycles. The van der Waals surface area contributed by atoms with Gasteiger partial charge in [-0.25, -0.2) is 0 Å². The van der Waals surface area contributed by atoms with E-state index >= 15 is 0 Å². The summed E-state index contributed by atoms with van der Waals surface area (Å²) in [6.07, 6.45) is 76.3. The van der Waals surface area contributed by atoms with Crippen LogP contribution < -0.4 is 0 Å². The highest BCUT2D eigenvalue weighted by atomic mass is 16.6. The summed E-state index contributed by atoms with van der Waals surface area (Å²) in [6, 6.07) is 0. The highest BCUT2D eigenvalue weighted by Crippen LogP contribution is 2.15. The SMILES string of the molecule is CCCCC/C=C\C/C=C\C/C=C\CCCCCCCCC(=O)OCC(COCCCCCCCC/C=C\CCCCCC)OC(=O)CCCCCCCCCCC/C=C\C/C=C\CCCCC. The van der Waals surface area contributed by atoms with E-state index in [2.05, 4.69) is 93.7 Å². The summed E-state index contributed by atoms with van der Waals surface area (Å²) in [4.78, 5) is 25.5. The minimum atomic E-state index is -0.550. The van der Waals surface area contributed by atoms with Crippen LogP contribution in [0.3, 0.4) is 0 Å². The fourth-order valence-corrected chi connectivity index (χ4v) is 8.25. The topological polar surface area (TPSA) is 61.8 Å². The lowest BCUT2D eigenvalue weighted by atomic mass is 10.1. The predicted octanol–water partition coefficient (Wildman–Crippen LogP) is 20.2. The van der Waals surface area contributed by atoms with Crippen LogP contribution in [0.25, 0.3) is 0 Å². The van der Waals surface area contributed by atoms with Gasteiger partial charge in [-0.2, -0.15) is 0 Å². The van der Waals surface area contributed by atoms with Crippen molar-refractivity contribution in [2.24, 2.45) is 0 Å². The normalized spacial score (nSPS) is 12.7. The van der Waals surface area contributed by atoms with Crippen molar-refractivity contribution in [3.63, 3.8) is 0 Å². The molecule has 0 aliphatic heterocycles. The van der Waals surface area contributed by atoms with Crippen LogP contribution in [-0.2, 0) is 23.8 Å². The van der Waals surface area contributed by atoms with Gasteiger partial charge < -0.3 is 14.2 Å². The third kappa shape index (κ3) is 55.9. The Kier molecular flexibility index (Phi) is 56.4. The molecule has 0 rings (SSSR count). The lowest BCUT2D eigenvalue weighted by Crippen LogP contribution is -2.30. The third-order valence-corrected chi connectivity index (χ3v) is 12.7. The van der Waals surface area contributed by atoms with Crippen LogP contribution in [0.15, 0.2) is 72.9 Å². The molecule has 0 bridgehead atoms. The summed E-state index contributed by atoms with van der Waals surface area (Å²) in [5, 5.41) is 0. The zero-order valence-corrected chi connectivity index (χ0v) is 45.4. The zero-order chi connectivity index (χ0) is 49.2. The molecule has 0 aromatic rings. The molecule has 0 aromatic heterocycles. The zero-order valence-electron chi connectivity index (χ0n) is 45.4. The highest BCUT2D eigenvalue weighted by molar-refractivity contribution is 5.70. The van der Waals surface area contributed by atoms with Crippen LogP contribution in [0.2, 0.25) is 0 Å². The lowest BCUT2D eigenvalue weighted by molar-refractivity contribution is -0.163. The third-order valence-electron chi connectivity index (χ3n) is 12.7. The van der Waals surface area contributed by atoms with Crippen molar-refractivity contribution in [2.45, 2.75) is 297 Å². The molecule has 0 saturated heterocycles. The summed E-state index contributed by atoms with van der Waals surface area (Å²) >= 11 is 0. The molecule has 68 heavy (non-hydrogen) atoms. The molecule has 1 atom stereocenters. The Hall–Kier alpha value is -2.66. The van der Waals surface area contributed by atoms with Crippen LogP contribution >= 0.6 is 0 Å². The number of carbonyl (C=O) groups excluding carboxylic acids is 2. The first-order valence-electron chi connectivity index (χ1n) is 29.5. The Morgan fingerprint density at radius 2 is 0.618 bits per heavy atom.